The Morgan fingerprint density at radius 3 is 2.53 bits per heavy atom. The second kappa shape index (κ2) is 4.77. The van der Waals surface area contributed by atoms with Crippen molar-refractivity contribution in [3.05, 3.63) is 33.6 Å². The molecule has 1 aromatic rings. The summed E-state index contributed by atoms with van der Waals surface area (Å²) < 4.78 is 18.1. The number of hydrogen-bond acceptors (Lipinski definition) is 4. The van der Waals surface area contributed by atoms with Gasteiger partial charge in [-0.1, -0.05) is 0 Å². The number of ether oxygens (including phenoxy) is 1. The van der Waals surface area contributed by atoms with E-state index in [1.807, 2.05) is 0 Å². The Kier molecular flexibility index (Phi) is 3.62. The van der Waals surface area contributed by atoms with E-state index >= 15 is 0 Å². The number of halogens is 1. The second-order valence-corrected chi connectivity index (χ2v) is 3.53. The number of benzene rings is 1. The molecular weight excluding hydrogens is 233 g/mol. The third kappa shape index (κ3) is 2.90. The molecule has 0 unspecified atom stereocenters. The van der Waals surface area contributed by atoms with Gasteiger partial charge in [-0.05, 0) is 19.9 Å². The SMILES string of the molecule is CC(C)Oc1c(C(=O)O)cc(F)cc1[N+](=O)[O-]. The van der Waals surface area contributed by atoms with E-state index in [1.54, 1.807) is 13.8 Å². The fourth-order valence-electron chi connectivity index (χ4n) is 1.23. The van der Waals surface area contributed by atoms with Gasteiger partial charge in [0.25, 0.3) is 0 Å². The Balaban J connectivity index is 3.47. The number of nitro benzene ring substituents is 1. The van der Waals surface area contributed by atoms with Gasteiger partial charge in [0.05, 0.1) is 17.1 Å². The Hall–Kier alpha value is -2.18. The Morgan fingerprint density at radius 1 is 1.53 bits per heavy atom. The zero-order valence-electron chi connectivity index (χ0n) is 9.14. The van der Waals surface area contributed by atoms with Crippen LogP contribution in [0.4, 0.5) is 10.1 Å². The Labute approximate surface area is 95.8 Å². The maximum atomic E-state index is 13.0. The number of nitro groups is 1. The van der Waals surface area contributed by atoms with Gasteiger partial charge >= 0.3 is 11.7 Å². The van der Waals surface area contributed by atoms with Crippen molar-refractivity contribution in [2.24, 2.45) is 0 Å². The third-order valence-corrected chi connectivity index (χ3v) is 1.81. The molecule has 7 heteroatoms. The first-order valence-electron chi connectivity index (χ1n) is 4.70. The number of aromatic carboxylic acids is 1. The molecule has 0 amide bonds. The largest absolute Gasteiger partial charge is 0.483 e. The lowest BCUT2D eigenvalue weighted by molar-refractivity contribution is -0.386. The van der Waals surface area contributed by atoms with Gasteiger partial charge in [0, 0.05) is 0 Å². The molecule has 1 aromatic carbocycles. The average molecular weight is 243 g/mol. The molecule has 0 radical (unpaired) electrons. The highest BCUT2D eigenvalue weighted by molar-refractivity contribution is 5.92. The van der Waals surface area contributed by atoms with E-state index in [9.17, 15) is 19.3 Å². The molecule has 17 heavy (non-hydrogen) atoms. The molecule has 0 heterocycles. The van der Waals surface area contributed by atoms with Crippen molar-refractivity contribution in [3.63, 3.8) is 0 Å². The van der Waals surface area contributed by atoms with E-state index in [1.165, 1.54) is 0 Å². The standard InChI is InChI=1S/C10H10FNO5/c1-5(2)17-9-7(10(13)14)3-6(11)4-8(9)12(15)16/h3-5H,1-2H3,(H,13,14). The van der Waals surface area contributed by atoms with Crippen LogP contribution in [0.3, 0.4) is 0 Å². The van der Waals surface area contributed by atoms with Crippen molar-refractivity contribution < 1.29 is 24.0 Å². The summed E-state index contributed by atoms with van der Waals surface area (Å²) in [5.41, 5.74) is -1.26. The summed E-state index contributed by atoms with van der Waals surface area (Å²) in [6.07, 6.45) is -0.461. The van der Waals surface area contributed by atoms with Crippen molar-refractivity contribution in [3.8, 4) is 5.75 Å². The highest BCUT2D eigenvalue weighted by atomic mass is 19.1. The van der Waals surface area contributed by atoms with Crippen LogP contribution >= 0.6 is 0 Å². The van der Waals surface area contributed by atoms with E-state index in [0.29, 0.717) is 12.1 Å². The lowest BCUT2D eigenvalue weighted by atomic mass is 10.1. The number of nitrogens with zero attached hydrogens (tertiary/aromatic N) is 1. The lowest BCUT2D eigenvalue weighted by Gasteiger charge is -2.12. The summed E-state index contributed by atoms with van der Waals surface area (Å²) in [6.45, 7) is 3.16. The summed E-state index contributed by atoms with van der Waals surface area (Å²) in [5.74, 6) is -2.91. The van der Waals surface area contributed by atoms with Gasteiger partial charge in [0.15, 0.2) is 0 Å². The second-order valence-electron chi connectivity index (χ2n) is 3.53. The normalized spacial score (nSPS) is 10.4. The van der Waals surface area contributed by atoms with Crippen molar-refractivity contribution in [1.29, 1.82) is 0 Å². The van der Waals surface area contributed by atoms with Crippen molar-refractivity contribution in [2.45, 2.75) is 20.0 Å². The summed E-state index contributed by atoms with van der Waals surface area (Å²) in [6, 6.07) is 1.32. The molecule has 0 saturated carbocycles. The predicted octanol–water partition coefficient (Wildman–Crippen LogP) is 2.22. The highest BCUT2D eigenvalue weighted by Gasteiger charge is 2.26. The monoisotopic (exact) mass is 243 g/mol. The third-order valence-electron chi connectivity index (χ3n) is 1.81. The molecule has 0 saturated heterocycles. The van der Waals surface area contributed by atoms with Crippen LogP contribution in [0, 0.1) is 15.9 Å². The molecule has 1 N–H and O–H groups in total. The molecule has 1 rings (SSSR count). The van der Waals surface area contributed by atoms with Gasteiger partial charge in [0.2, 0.25) is 5.75 Å². The number of carboxylic acids is 1. The Bertz CT molecular complexity index is 437. The molecule has 0 aliphatic heterocycles. The first kappa shape index (κ1) is 12.9. The van der Waals surface area contributed by atoms with Gasteiger partial charge in [-0.2, -0.15) is 0 Å². The van der Waals surface area contributed by atoms with Crippen molar-refractivity contribution in [2.75, 3.05) is 0 Å². The maximum Gasteiger partial charge on any atom is 0.339 e. The minimum atomic E-state index is -1.48. The predicted molar refractivity (Wildman–Crippen MR) is 55.8 cm³/mol. The van der Waals surface area contributed by atoms with Crippen LogP contribution < -0.4 is 4.74 Å². The Morgan fingerprint density at radius 2 is 2.12 bits per heavy atom. The van der Waals surface area contributed by atoms with Crippen LogP contribution in [-0.2, 0) is 0 Å². The smallest absolute Gasteiger partial charge is 0.339 e. The molecule has 6 nitrogen and oxygen atoms in total. The average Bonchev–Trinajstić information content (AvgIpc) is 2.18. The topological polar surface area (TPSA) is 89.7 Å². The van der Waals surface area contributed by atoms with E-state index in [4.69, 9.17) is 9.84 Å². The molecule has 0 aliphatic carbocycles. The van der Waals surface area contributed by atoms with Gasteiger partial charge in [-0.15, -0.1) is 0 Å². The lowest BCUT2D eigenvalue weighted by Crippen LogP contribution is -2.12. The van der Waals surface area contributed by atoms with Gasteiger partial charge in [-0.3, -0.25) is 10.1 Å². The molecule has 0 bridgehead atoms. The summed E-state index contributed by atoms with van der Waals surface area (Å²) in [7, 11) is 0. The molecule has 0 aliphatic rings. The fourth-order valence-corrected chi connectivity index (χ4v) is 1.23. The van der Waals surface area contributed by atoms with Crippen molar-refractivity contribution >= 4 is 11.7 Å². The first-order valence-corrected chi connectivity index (χ1v) is 4.70. The number of rotatable bonds is 4. The number of carboxylic acid groups (broad SMARTS) is 1. The summed E-state index contributed by atoms with van der Waals surface area (Å²) in [4.78, 5) is 20.7. The summed E-state index contributed by atoms with van der Waals surface area (Å²) >= 11 is 0. The van der Waals surface area contributed by atoms with Crippen LogP contribution in [0.5, 0.6) is 5.75 Å². The zero-order valence-corrected chi connectivity index (χ0v) is 9.14. The van der Waals surface area contributed by atoms with Crippen LogP contribution in [0.1, 0.15) is 24.2 Å². The minimum absolute atomic E-state index is 0.432. The molecule has 0 atom stereocenters. The van der Waals surface area contributed by atoms with Gasteiger partial charge in [-0.25, -0.2) is 9.18 Å². The van der Waals surface area contributed by atoms with Gasteiger partial charge < -0.3 is 9.84 Å². The molecule has 92 valence electrons. The molecule has 0 spiro atoms. The zero-order chi connectivity index (χ0) is 13.2. The van der Waals surface area contributed by atoms with Crippen LogP contribution in [0.2, 0.25) is 0 Å². The molecular formula is C10H10FNO5. The quantitative estimate of drug-likeness (QED) is 0.646. The van der Waals surface area contributed by atoms with E-state index < -0.39 is 39.8 Å². The number of carbonyl (C=O) groups is 1. The van der Waals surface area contributed by atoms with Crippen molar-refractivity contribution in [1.82, 2.24) is 0 Å². The van der Waals surface area contributed by atoms with Crippen LogP contribution in [0.25, 0.3) is 0 Å². The van der Waals surface area contributed by atoms with E-state index in [2.05, 4.69) is 0 Å². The van der Waals surface area contributed by atoms with Crippen LogP contribution in [-0.4, -0.2) is 22.1 Å². The summed E-state index contributed by atoms with van der Waals surface area (Å²) in [5, 5.41) is 19.5. The van der Waals surface area contributed by atoms with E-state index in [0.717, 1.165) is 0 Å². The molecule has 0 fully saturated rings. The van der Waals surface area contributed by atoms with E-state index in [-0.39, 0.29) is 0 Å². The highest BCUT2D eigenvalue weighted by Crippen LogP contribution is 2.33. The van der Waals surface area contributed by atoms with Gasteiger partial charge in [0.1, 0.15) is 11.4 Å². The fraction of sp³-hybridized carbons (Fsp3) is 0.300. The maximum absolute atomic E-state index is 13.0. The number of hydrogen-bond donors (Lipinski definition) is 1. The molecule has 0 aromatic heterocycles. The first-order chi connectivity index (χ1) is 7.82. The van der Waals surface area contributed by atoms with Crippen LogP contribution in [0.15, 0.2) is 12.1 Å². The minimum Gasteiger partial charge on any atom is -0.483 e.